The predicted octanol–water partition coefficient (Wildman–Crippen LogP) is 2.13. The van der Waals surface area contributed by atoms with Crippen LogP contribution >= 0.6 is 0 Å². The van der Waals surface area contributed by atoms with E-state index >= 15 is 0 Å². The first kappa shape index (κ1) is 23.6. The first-order valence-corrected chi connectivity index (χ1v) is 12.6. The van der Waals surface area contributed by atoms with Gasteiger partial charge in [-0.1, -0.05) is 12.1 Å². The van der Waals surface area contributed by atoms with Crippen molar-refractivity contribution in [1.82, 2.24) is 15.5 Å². The monoisotopic (exact) mass is 535 g/mol. The Morgan fingerprint density at radius 2 is 1.42 bits per heavy atom. The van der Waals surface area contributed by atoms with Crippen molar-refractivity contribution >= 4 is 11.8 Å². The molecule has 210 valence electrons. The van der Waals surface area contributed by atoms with Crippen molar-refractivity contribution in [3.8, 4) is 23.0 Å². The lowest BCUT2D eigenvalue weighted by Crippen LogP contribution is -2.34. The van der Waals surface area contributed by atoms with Crippen LogP contribution in [0, 0.1) is 0 Å². The molecule has 2 amide bonds. The highest BCUT2D eigenvalue weighted by molar-refractivity contribution is 5.76. The molecule has 8 N–H and O–H groups in total. The summed E-state index contributed by atoms with van der Waals surface area (Å²) in [6.07, 6.45) is 0.190. The minimum absolute atomic E-state index is 0.0608. The van der Waals surface area contributed by atoms with E-state index < -0.39 is 25.3 Å². The molecule has 1 atom stereocenters. The second-order valence-corrected chi connectivity index (χ2v) is 8.79. The van der Waals surface area contributed by atoms with E-state index in [-0.39, 0.29) is 54.7 Å². The molecule has 10 nitrogen and oxygen atoms in total. The largest absolute Gasteiger partial charge is 0.504 e. The molecular formula is C28H42N4O6. The van der Waals surface area contributed by atoms with Crippen LogP contribution < -0.4 is 16.4 Å². The zero-order chi connectivity index (χ0) is 32.2. The van der Waals surface area contributed by atoms with Gasteiger partial charge in [0, 0.05) is 39.3 Å². The molecule has 1 unspecified atom stereocenters. The fourth-order valence-electron chi connectivity index (χ4n) is 3.64. The summed E-state index contributed by atoms with van der Waals surface area (Å²) in [7, 11) is 0. The minimum Gasteiger partial charge on any atom is -0.504 e. The van der Waals surface area contributed by atoms with Crippen LogP contribution in [0.5, 0.6) is 23.0 Å². The Hall–Kier alpha value is -3.50. The normalized spacial score (nSPS) is 14.4. The number of rotatable bonds is 18. The van der Waals surface area contributed by atoms with Gasteiger partial charge in [0.25, 0.3) is 0 Å². The van der Waals surface area contributed by atoms with Crippen molar-refractivity contribution in [3.63, 3.8) is 0 Å². The van der Waals surface area contributed by atoms with Gasteiger partial charge in [0.15, 0.2) is 23.0 Å². The summed E-state index contributed by atoms with van der Waals surface area (Å²) < 4.78 is 40.0. The first-order valence-electron chi connectivity index (χ1n) is 15.2. The van der Waals surface area contributed by atoms with Gasteiger partial charge in [0.1, 0.15) is 0 Å². The third-order valence-corrected chi connectivity index (χ3v) is 5.79. The lowest BCUT2D eigenvalue weighted by atomic mass is 10.1. The number of aromatic hydroxyl groups is 4. The molecular weight excluding hydrogens is 488 g/mol. The third kappa shape index (κ3) is 11.7. The summed E-state index contributed by atoms with van der Waals surface area (Å²) in [6.45, 7) is -3.80. The van der Waals surface area contributed by atoms with Crippen molar-refractivity contribution in [2.24, 2.45) is 5.73 Å². The van der Waals surface area contributed by atoms with E-state index in [0.29, 0.717) is 50.9 Å². The maximum absolute atomic E-state index is 13.1. The van der Waals surface area contributed by atoms with E-state index in [2.05, 4.69) is 10.6 Å². The molecule has 2 aromatic carbocycles. The van der Waals surface area contributed by atoms with E-state index in [1.165, 1.54) is 30.3 Å². The Labute approximate surface area is 231 Å². The number of aryl methyl sites for hydroxylation is 2. The standard InChI is InChI=1S/C28H42N4O6/c29-13-3-18-32(28(38)12-8-22-6-10-24(34)26(36)20-22)17-2-1-14-30-15-4-16-31-27(37)11-7-21-5-9-23(33)25(35)19-21/h5-6,9-10,19-20,30,33-36H,1-4,7-8,11-18,29H2,(H,31,37)/i3D,13D2,18D2. The van der Waals surface area contributed by atoms with E-state index in [4.69, 9.17) is 12.6 Å². The number of nitrogens with two attached hydrogens (primary N) is 1. The number of nitrogens with zero attached hydrogens (tertiary/aromatic N) is 1. The lowest BCUT2D eigenvalue weighted by molar-refractivity contribution is -0.131. The average Bonchev–Trinajstić information content (AvgIpc) is 2.94. The van der Waals surface area contributed by atoms with Crippen molar-refractivity contribution in [2.45, 2.75) is 51.3 Å². The molecule has 0 aliphatic rings. The van der Waals surface area contributed by atoms with Gasteiger partial charge in [0.05, 0.1) is 0 Å². The lowest BCUT2D eigenvalue weighted by Gasteiger charge is -2.23. The van der Waals surface area contributed by atoms with Crippen LogP contribution in [-0.2, 0) is 22.4 Å². The molecule has 0 spiro atoms. The van der Waals surface area contributed by atoms with Gasteiger partial charge < -0.3 is 41.7 Å². The van der Waals surface area contributed by atoms with Crippen molar-refractivity contribution in [2.75, 3.05) is 39.2 Å². The quantitative estimate of drug-likeness (QED) is 0.112. The van der Waals surface area contributed by atoms with E-state index in [1.54, 1.807) is 6.07 Å². The van der Waals surface area contributed by atoms with Gasteiger partial charge in [-0.15, -0.1) is 0 Å². The third-order valence-electron chi connectivity index (χ3n) is 5.79. The molecule has 0 saturated heterocycles. The summed E-state index contributed by atoms with van der Waals surface area (Å²) in [4.78, 5) is 25.9. The van der Waals surface area contributed by atoms with Crippen LogP contribution in [0.1, 0.15) is 56.5 Å². The van der Waals surface area contributed by atoms with Gasteiger partial charge in [-0.25, -0.2) is 0 Å². The van der Waals surface area contributed by atoms with E-state index in [9.17, 15) is 30.0 Å². The highest BCUT2D eigenvalue weighted by Gasteiger charge is 2.13. The summed E-state index contributed by atoms with van der Waals surface area (Å²) in [5.41, 5.74) is 6.64. The number of hydrogen-bond donors (Lipinski definition) is 7. The van der Waals surface area contributed by atoms with Crippen molar-refractivity contribution in [1.29, 1.82) is 0 Å². The number of nitrogens with one attached hydrogen (secondary N) is 2. The van der Waals surface area contributed by atoms with Crippen LogP contribution in [0.4, 0.5) is 0 Å². The molecule has 0 aliphatic heterocycles. The molecule has 0 heterocycles. The number of unbranched alkanes of at least 4 members (excludes halogenated alkanes) is 1. The Morgan fingerprint density at radius 3 is 2.03 bits per heavy atom. The Morgan fingerprint density at radius 1 is 0.816 bits per heavy atom. The molecule has 0 fully saturated rings. The van der Waals surface area contributed by atoms with Gasteiger partial charge in [-0.05, 0) is 93.5 Å². The number of hydrogen-bond acceptors (Lipinski definition) is 8. The van der Waals surface area contributed by atoms with Crippen LogP contribution in [0.25, 0.3) is 0 Å². The number of carbonyl (C=O) groups is 2. The fraction of sp³-hybridized carbons (Fsp3) is 0.500. The number of carbonyl (C=O) groups excluding carboxylic acids is 2. The summed E-state index contributed by atoms with van der Waals surface area (Å²) >= 11 is 0. The summed E-state index contributed by atoms with van der Waals surface area (Å²) in [6, 6.07) is 8.53. The fourth-order valence-corrected chi connectivity index (χ4v) is 3.64. The molecule has 10 heteroatoms. The molecule has 0 aromatic heterocycles. The van der Waals surface area contributed by atoms with Crippen molar-refractivity contribution in [3.05, 3.63) is 47.5 Å². The zero-order valence-corrected chi connectivity index (χ0v) is 21.4. The molecule has 2 aromatic rings. The van der Waals surface area contributed by atoms with Gasteiger partial charge >= 0.3 is 0 Å². The smallest absolute Gasteiger partial charge is 0.222 e. The van der Waals surface area contributed by atoms with Gasteiger partial charge in [-0.3, -0.25) is 9.59 Å². The van der Waals surface area contributed by atoms with E-state index in [0.717, 1.165) is 10.5 Å². The number of benzene rings is 2. The maximum atomic E-state index is 13.1. The van der Waals surface area contributed by atoms with Gasteiger partial charge in [-0.2, -0.15) is 0 Å². The van der Waals surface area contributed by atoms with Gasteiger partial charge in [0.2, 0.25) is 11.8 Å². The number of phenols is 4. The second kappa shape index (κ2) is 17.1. The minimum atomic E-state index is -2.68. The summed E-state index contributed by atoms with van der Waals surface area (Å²) in [5.74, 6) is -1.86. The van der Waals surface area contributed by atoms with Crippen LogP contribution in [0.2, 0.25) is 0 Å². The molecule has 38 heavy (non-hydrogen) atoms. The Balaban J connectivity index is 1.75. The van der Waals surface area contributed by atoms with Crippen LogP contribution in [-0.4, -0.2) is 76.3 Å². The topological polar surface area (TPSA) is 168 Å². The molecule has 0 bridgehead atoms. The number of phenolic OH excluding ortho intramolecular Hbond substituents is 4. The van der Waals surface area contributed by atoms with Crippen LogP contribution in [0.3, 0.4) is 0 Å². The molecule has 0 radical (unpaired) electrons. The zero-order valence-electron chi connectivity index (χ0n) is 26.4. The molecule has 0 saturated carbocycles. The highest BCUT2D eigenvalue weighted by atomic mass is 16.3. The first-order chi connectivity index (χ1) is 20.1. The molecule has 2 rings (SSSR count). The Kier molecular flexibility index (Phi) is 10.6. The predicted molar refractivity (Wildman–Crippen MR) is 146 cm³/mol. The maximum Gasteiger partial charge on any atom is 0.222 e. The second-order valence-electron chi connectivity index (χ2n) is 8.79. The number of amides is 2. The Bertz CT molecular complexity index is 1210. The molecule has 0 aliphatic carbocycles. The SMILES string of the molecule is [2H]C(C([2H])([2H])N)C([2H])([2H])N(CCCCNCCCNC(=O)CCc1ccc(O)c(O)c1)C(=O)CCc1ccc(O)c(O)c1. The van der Waals surface area contributed by atoms with Crippen molar-refractivity contribution < 1.29 is 36.9 Å². The average molecular weight is 536 g/mol. The van der Waals surface area contributed by atoms with Crippen LogP contribution in [0.15, 0.2) is 36.4 Å². The summed E-state index contributed by atoms with van der Waals surface area (Å²) in [5, 5.41) is 44.0. The highest BCUT2D eigenvalue weighted by Crippen LogP contribution is 2.26. The van der Waals surface area contributed by atoms with E-state index in [1.807, 2.05) is 0 Å².